The Hall–Kier alpha value is -12.2. The molecule has 0 aromatic heterocycles. The number of amides is 9. The summed E-state index contributed by atoms with van der Waals surface area (Å²) in [6, 6.07) is 0.987. The Kier molecular flexibility index (Phi) is 30.5. The number of aliphatic hydroxyl groups is 5. The number of alkyl carbamates (subject to hydrolysis) is 1. The summed E-state index contributed by atoms with van der Waals surface area (Å²) in [5.41, 5.74) is 2.22. The lowest BCUT2D eigenvalue weighted by atomic mass is 9.85. The molecule has 686 valence electrons. The van der Waals surface area contributed by atoms with Crippen LogP contribution in [0.1, 0.15) is 122 Å². The van der Waals surface area contributed by atoms with Crippen molar-refractivity contribution >= 4 is 92.8 Å². The van der Waals surface area contributed by atoms with Gasteiger partial charge in [0.15, 0.2) is 29.9 Å². The van der Waals surface area contributed by atoms with Crippen molar-refractivity contribution in [3.63, 3.8) is 0 Å². The predicted molar refractivity (Wildman–Crippen MR) is 450 cm³/mol. The monoisotopic (exact) mass is 1840 g/mol. The molecule has 7 aliphatic rings. The van der Waals surface area contributed by atoms with E-state index in [1.807, 2.05) is 0 Å². The number of phenols is 3. The van der Waals surface area contributed by atoms with E-state index in [9.17, 15) is 73.2 Å². The molecule has 18 atom stereocenters. The first-order valence-corrected chi connectivity index (χ1v) is 42.1. The number of benzene rings is 6. The zero-order valence-electron chi connectivity index (χ0n) is 70.1. The number of phenolic OH excluding ortho intramolecular Hbond substituents is 3. The van der Waals surface area contributed by atoms with Crippen LogP contribution < -0.4 is 57.2 Å². The summed E-state index contributed by atoms with van der Waals surface area (Å²) in [6.45, 7) is 19.4. The number of aryl methyl sites for hydroxylation is 3. The first kappa shape index (κ1) is 96.4. The lowest BCUT2D eigenvalue weighted by Gasteiger charge is -2.48. The summed E-state index contributed by atoms with van der Waals surface area (Å²) in [7, 11) is -3.62. The number of ether oxygens (including phenoxy) is 9. The van der Waals surface area contributed by atoms with Gasteiger partial charge in [-0.05, 0) is 135 Å². The number of nitrogens with two attached hydrogens (primary N) is 1. The van der Waals surface area contributed by atoms with E-state index >= 15 is 24.0 Å². The van der Waals surface area contributed by atoms with Crippen molar-refractivity contribution < 1.29 is 144 Å². The van der Waals surface area contributed by atoms with Crippen LogP contribution >= 0.6 is 23.2 Å². The van der Waals surface area contributed by atoms with Crippen molar-refractivity contribution in [3.05, 3.63) is 184 Å². The number of esters is 1. The van der Waals surface area contributed by atoms with Crippen LogP contribution in [0, 0.1) is 26.7 Å². The van der Waals surface area contributed by atoms with E-state index in [0.29, 0.717) is 5.56 Å². The number of fused-ring (bicyclic) bond motifs is 15. The normalized spacial score (nSPS) is 25.5. The molecule has 0 spiro atoms. The van der Waals surface area contributed by atoms with E-state index in [4.69, 9.17) is 75.8 Å². The summed E-state index contributed by atoms with van der Waals surface area (Å²) in [4.78, 5) is 149. The van der Waals surface area contributed by atoms with Gasteiger partial charge in [0.1, 0.15) is 121 Å². The van der Waals surface area contributed by atoms with Crippen molar-refractivity contribution in [2.24, 2.45) is 11.7 Å². The third kappa shape index (κ3) is 21.6. The molecule has 17 N–H and O–H groups in total. The molecule has 0 saturated carbocycles. The van der Waals surface area contributed by atoms with Gasteiger partial charge in [-0.2, -0.15) is 8.42 Å². The van der Waals surface area contributed by atoms with Crippen LogP contribution in [0.25, 0.3) is 11.1 Å². The molecular formula is C86H97Cl2N9O30S. The number of aromatic hydroxyl groups is 3. The van der Waals surface area contributed by atoms with Crippen molar-refractivity contribution in [2.45, 2.75) is 182 Å². The second-order valence-corrected chi connectivity index (χ2v) is 34.0. The standard InChI is InChI=1S/C86H97Cl2N9O30S/c1-12-21-118-82(113)65-48-32-46(98)33-54(100)62(48)47-27-42(15-18-53(47)99)63-78(109)95-67(81(112)93-65)69(103)44-17-20-56(50(88)29-44)124-58-31-45-30-57(72(58)127-83-73(126-61-35-86(10,75(106)41(9)122-61)96-84(114)119-22-13-2)71(105)70(104)59(125-83)36-121-128(116,117)74-39(7)25-38(6)26-40(74)8)123-55-19-16-43(28-49(55)87)68(102)66(94-77(108)52(24-37(4)5)97(11)85(115)120-23-14-3)80(111)90-51(34-60(89)101)76(107)91-64(45)79(110)92-63/h12-20,25-33,37,41,51-52,59,61,63-71,73,75,83,98-100,102-106H,1-3,21-24,34-36H2,4-11H3,(H2,89,101)(H,90,111)(H,91,107)(H,92,110)(H,93,112)(H,94,108)(H,95,109)(H,96,114)/t41?,51-,52+,59?,61?,63?,64+,65+,66+,67-,68+,69+,70?,71?,73?,75?,83?,86?/m0/s1. The molecule has 128 heavy (non-hydrogen) atoms. The summed E-state index contributed by atoms with van der Waals surface area (Å²) in [6.07, 6.45) is -20.3. The molecule has 39 nitrogen and oxygen atoms in total. The number of nitrogens with one attached hydrogen (secondary N) is 7. The Labute approximate surface area is 742 Å². The van der Waals surface area contributed by atoms with Crippen LogP contribution in [0.3, 0.4) is 0 Å². The third-order valence-electron chi connectivity index (χ3n) is 21.6. The van der Waals surface area contributed by atoms with Crippen LogP contribution in [0.5, 0.6) is 46.0 Å². The molecule has 6 aromatic rings. The van der Waals surface area contributed by atoms with Gasteiger partial charge in [0.2, 0.25) is 53.4 Å². The Morgan fingerprint density at radius 2 is 1.27 bits per heavy atom. The van der Waals surface area contributed by atoms with Gasteiger partial charge < -0.3 is 126 Å². The number of carbonyl (C=O) groups is 10. The van der Waals surface area contributed by atoms with Gasteiger partial charge in [0.25, 0.3) is 10.1 Å². The van der Waals surface area contributed by atoms with Gasteiger partial charge in [0.05, 0.1) is 39.6 Å². The molecular weight excluding hydrogens is 1740 g/mol. The number of hydrogen-bond acceptors (Lipinski definition) is 30. The highest BCUT2D eigenvalue weighted by Gasteiger charge is 2.54. The predicted octanol–water partition coefficient (Wildman–Crippen LogP) is 5.08. The Balaban J connectivity index is 1.17. The molecule has 42 heteroatoms. The molecule has 2 fully saturated rings. The fourth-order valence-corrected chi connectivity index (χ4v) is 17.2. The van der Waals surface area contributed by atoms with Crippen molar-refractivity contribution in [1.29, 1.82) is 0 Å². The van der Waals surface area contributed by atoms with E-state index in [1.165, 1.54) is 46.9 Å². The number of hydrogen-bond donors (Lipinski definition) is 16. The van der Waals surface area contributed by atoms with Crippen molar-refractivity contribution in [2.75, 3.05) is 33.5 Å². The number of carbonyl (C=O) groups excluding carboxylic acids is 10. The molecule has 10 unspecified atom stereocenters. The largest absolute Gasteiger partial charge is 0.508 e. The van der Waals surface area contributed by atoms with Crippen molar-refractivity contribution in [1.82, 2.24) is 42.1 Å². The topological polar surface area (TPSA) is 572 Å². The summed E-state index contributed by atoms with van der Waals surface area (Å²) in [5.74, 6) is -17.1. The molecule has 9 amide bonds. The van der Waals surface area contributed by atoms with Gasteiger partial charge >= 0.3 is 18.2 Å². The molecule has 7 heterocycles. The van der Waals surface area contributed by atoms with Crippen LogP contribution in [0.2, 0.25) is 10.0 Å². The Bertz CT molecular complexity index is 5450. The van der Waals surface area contributed by atoms with Gasteiger partial charge in [-0.3, -0.25) is 42.6 Å². The van der Waals surface area contributed by atoms with Crippen LogP contribution in [0.4, 0.5) is 9.59 Å². The summed E-state index contributed by atoms with van der Waals surface area (Å²) >= 11 is 14.5. The molecule has 11 bridgehead atoms. The summed E-state index contributed by atoms with van der Waals surface area (Å²) in [5, 5.41) is 113. The van der Waals surface area contributed by atoms with E-state index in [2.05, 4.69) is 57.0 Å². The Morgan fingerprint density at radius 1 is 0.680 bits per heavy atom. The first-order valence-electron chi connectivity index (χ1n) is 39.9. The van der Waals surface area contributed by atoms with Gasteiger partial charge in [0, 0.05) is 36.2 Å². The molecule has 13 rings (SSSR count). The molecule has 7 aliphatic heterocycles. The maximum Gasteiger partial charge on any atom is 0.410 e. The highest BCUT2D eigenvalue weighted by Crippen LogP contribution is 2.50. The SMILES string of the molecule is C=CCOC(=O)NC1(C)CC(OC2C(Oc3c4cc5cc3Oc3ccc(cc3Cl)[C@@H](O)[C@@H](NC(=O)[C@@H](CC(C)C)N(C)C(=O)OCC=C)C(=O)N[C@@H](CC(N)=O)C(=O)N[C@H]5C(=O)NC3C(=O)N[C@H](C(=O)N[C@@H](C(=O)OCC=C)c5cc(O)cc(O)c5-c5cc3ccc5O)[C@H](O)c3ccc(c(Cl)c3)O4)OC(COS(=O)(=O)c3c(C)cc(C)cc3C)C(O)C2O)OC(C)C1O. The molecule has 0 aliphatic carbocycles. The lowest BCUT2D eigenvalue weighted by molar-refractivity contribution is -0.333. The van der Waals surface area contributed by atoms with E-state index in [-0.39, 0.29) is 52.7 Å². The number of primary amides is 1. The molecule has 0 radical (unpaired) electrons. The number of aliphatic hydroxyl groups excluding tert-OH is 5. The Morgan fingerprint density at radius 3 is 1.88 bits per heavy atom. The van der Waals surface area contributed by atoms with Crippen LogP contribution in [-0.4, -0.2) is 226 Å². The van der Waals surface area contributed by atoms with Crippen molar-refractivity contribution in [3.8, 4) is 57.1 Å². The van der Waals surface area contributed by atoms with Gasteiger partial charge in [-0.25, -0.2) is 14.4 Å². The number of halogens is 2. The van der Waals surface area contributed by atoms with E-state index in [1.54, 1.807) is 32.9 Å². The van der Waals surface area contributed by atoms with E-state index < -0.39 is 289 Å². The number of rotatable bonds is 23. The fourth-order valence-electron chi connectivity index (χ4n) is 15.4. The minimum atomic E-state index is -4.83. The second kappa shape index (κ2) is 40.4. The minimum Gasteiger partial charge on any atom is -0.508 e. The van der Waals surface area contributed by atoms with Gasteiger partial charge in [-0.1, -0.05) is 111 Å². The highest BCUT2D eigenvalue weighted by atomic mass is 35.5. The molecule has 2 saturated heterocycles. The average molecular weight is 1840 g/mol. The zero-order chi connectivity index (χ0) is 93.6. The van der Waals surface area contributed by atoms with Crippen LogP contribution in [-0.2, 0) is 81.1 Å². The van der Waals surface area contributed by atoms with Gasteiger partial charge in [-0.15, -0.1) is 0 Å². The fraction of sp³-hybridized carbons (Fsp3) is 0.395. The second-order valence-electron chi connectivity index (χ2n) is 31.7. The van der Waals surface area contributed by atoms with Crippen LogP contribution in [0.15, 0.2) is 134 Å². The zero-order valence-corrected chi connectivity index (χ0v) is 72.4. The lowest BCUT2D eigenvalue weighted by Crippen LogP contribution is -2.66. The number of nitrogens with zero attached hydrogens (tertiary/aromatic N) is 1. The summed E-state index contributed by atoms with van der Waals surface area (Å²) < 4.78 is 90.1. The first-order chi connectivity index (χ1) is 60.4. The maximum atomic E-state index is 16.5. The quantitative estimate of drug-likeness (QED) is 0.0172. The number of likely N-dealkylation sites (N-methyl/N-ethyl adjacent to an activating group) is 1. The van der Waals surface area contributed by atoms with E-state index in [0.717, 1.165) is 89.8 Å². The average Bonchev–Trinajstić information content (AvgIpc) is 0.764. The highest BCUT2D eigenvalue weighted by molar-refractivity contribution is 7.86. The minimum absolute atomic E-state index is 0.114. The third-order valence-corrected chi connectivity index (χ3v) is 23.7. The molecule has 6 aromatic carbocycles. The smallest absolute Gasteiger partial charge is 0.410 e. The maximum absolute atomic E-state index is 16.5.